The minimum absolute atomic E-state index is 0.109. The quantitative estimate of drug-likeness (QED) is 0.893. The van der Waals surface area contributed by atoms with Gasteiger partial charge < -0.3 is 11.1 Å². The van der Waals surface area contributed by atoms with Gasteiger partial charge in [0, 0.05) is 24.8 Å². The van der Waals surface area contributed by atoms with Crippen molar-refractivity contribution in [2.75, 3.05) is 0 Å². The Balaban J connectivity index is 2.04. The Bertz CT molecular complexity index is 623. The van der Waals surface area contributed by atoms with E-state index in [0.717, 1.165) is 5.56 Å². The molecule has 0 aliphatic rings. The number of carbonyl (C=O) groups is 1. The first-order valence-electron chi connectivity index (χ1n) is 6.59. The van der Waals surface area contributed by atoms with Gasteiger partial charge in [-0.15, -0.1) is 0 Å². The van der Waals surface area contributed by atoms with Gasteiger partial charge in [-0.25, -0.2) is 0 Å². The highest BCUT2D eigenvalue weighted by Crippen LogP contribution is 2.10. The molecule has 20 heavy (non-hydrogen) atoms. The fourth-order valence-electron chi connectivity index (χ4n) is 2.05. The highest BCUT2D eigenvalue weighted by atomic mass is 16.1. The third-order valence-electron chi connectivity index (χ3n) is 3.23. The highest BCUT2D eigenvalue weighted by molar-refractivity contribution is 5.94. The first kappa shape index (κ1) is 14.2. The van der Waals surface area contributed by atoms with E-state index in [1.165, 1.54) is 11.1 Å². The molecule has 4 nitrogen and oxygen atoms in total. The largest absolute Gasteiger partial charge is 0.348 e. The lowest BCUT2D eigenvalue weighted by molar-refractivity contribution is 0.0950. The van der Waals surface area contributed by atoms with E-state index < -0.39 is 0 Å². The summed E-state index contributed by atoms with van der Waals surface area (Å²) in [5.41, 5.74) is 10.4. The van der Waals surface area contributed by atoms with E-state index in [4.69, 9.17) is 5.73 Å². The Morgan fingerprint density at radius 3 is 2.75 bits per heavy atom. The molecule has 1 amide bonds. The molecule has 1 aromatic carbocycles. The van der Waals surface area contributed by atoms with E-state index in [9.17, 15) is 4.79 Å². The van der Waals surface area contributed by atoms with Crippen LogP contribution < -0.4 is 11.1 Å². The molecule has 0 fully saturated rings. The summed E-state index contributed by atoms with van der Waals surface area (Å²) >= 11 is 0. The van der Waals surface area contributed by atoms with Gasteiger partial charge in [0.15, 0.2) is 0 Å². The van der Waals surface area contributed by atoms with E-state index in [2.05, 4.69) is 23.3 Å². The lowest BCUT2D eigenvalue weighted by Gasteiger charge is -2.09. The zero-order valence-corrected chi connectivity index (χ0v) is 11.8. The average molecular weight is 269 g/mol. The lowest BCUT2D eigenvalue weighted by atomic mass is 10.1. The molecule has 3 N–H and O–H groups in total. The van der Waals surface area contributed by atoms with Crippen molar-refractivity contribution < 1.29 is 4.79 Å². The second-order valence-electron chi connectivity index (χ2n) is 4.85. The standard InChI is InChI=1S/C16H19N3O/c1-11-3-4-14(12(2)7-11)10-19-16(20)13-5-6-18-15(8-13)9-17/h3-8H,9-10,17H2,1-2H3,(H,19,20). The zero-order chi connectivity index (χ0) is 14.5. The van der Waals surface area contributed by atoms with Crippen LogP contribution in [0.5, 0.6) is 0 Å². The number of aryl methyl sites for hydroxylation is 2. The summed E-state index contributed by atoms with van der Waals surface area (Å²) < 4.78 is 0. The molecule has 104 valence electrons. The number of pyridine rings is 1. The molecule has 1 heterocycles. The number of nitrogens with one attached hydrogen (secondary N) is 1. The minimum atomic E-state index is -0.109. The predicted molar refractivity (Wildman–Crippen MR) is 79.2 cm³/mol. The molecule has 0 atom stereocenters. The van der Waals surface area contributed by atoms with Gasteiger partial charge in [0.25, 0.3) is 5.91 Å². The SMILES string of the molecule is Cc1ccc(CNC(=O)c2ccnc(CN)c2)c(C)c1. The van der Waals surface area contributed by atoms with Gasteiger partial charge in [-0.2, -0.15) is 0 Å². The van der Waals surface area contributed by atoms with Gasteiger partial charge in [0.1, 0.15) is 0 Å². The first-order chi connectivity index (χ1) is 9.60. The number of hydrogen-bond donors (Lipinski definition) is 2. The van der Waals surface area contributed by atoms with Crippen LogP contribution in [0.2, 0.25) is 0 Å². The second kappa shape index (κ2) is 6.30. The van der Waals surface area contributed by atoms with Crippen LogP contribution >= 0.6 is 0 Å². The van der Waals surface area contributed by atoms with Crippen LogP contribution in [0.15, 0.2) is 36.5 Å². The normalized spacial score (nSPS) is 10.3. The maximum atomic E-state index is 12.1. The summed E-state index contributed by atoms with van der Waals surface area (Å²) in [6, 6.07) is 9.62. The Labute approximate surface area is 119 Å². The molecule has 0 saturated carbocycles. The molecule has 0 unspecified atom stereocenters. The van der Waals surface area contributed by atoms with Gasteiger partial charge in [-0.05, 0) is 37.1 Å². The van der Waals surface area contributed by atoms with Crippen molar-refractivity contribution in [2.24, 2.45) is 5.73 Å². The molecule has 4 heteroatoms. The monoisotopic (exact) mass is 269 g/mol. The number of nitrogens with two attached hydrogens (primary N) is 1. The van der Waals surface area contributed by atoms with Gasteiger partial charge in [0.05, 0.1) is 5.69 Å². The van der Waals surface area contributed by atoms with Crippen molar-refractivity contribution in [3.63, 3.8) is 0 Å². The van der Waals surface area contributed by atoms with E-state index in [1.54, 1.807) is 18.3 Å². The zero-order valence-electron chi connectivity index (χ0n) is 11.8. The van der Waals surface area contributed by atoms with E-state index in [-0.39, 0.29) is 5.91 Å². The molecular weight excluding hydrogens is 250 g/mol. The Kier molecular flexibility index (Phi) is 4.48. The van der Waals surface area contributed by atoms with Crippen molar-refractivity contribution in [1.29, 1.82) is 0 Å². The van der Waals surface area contributed by atoms with Crippen LogP contribution in [0.3, 0.4) is 0 Å². The first-order valence-corrected chi connectivity index (χ1v) is 6.59. The smallest absolute Gasteiger partial charge is 0.251 e. The van der Waals surface area contributed by atoms with Crippen LogP contribution in [-0.4, -0.2) is 10.9 Å². The van der Waals surface area contributed by atoms with E-state index in [0.29, 0.717) is 24.3 Å². The van der Waals surface area contributed by atoms with E-state index in [1.807, 2.05) is 19.1 Å². The third-order valence-corrected chi connectivity index (χ3v) is 3.23. The molecular formula is C16H19N3O. The van der Waals surface area contributed by atoms with Crippen molar-refractivity contribution in [2.45, 2.75) is 26.9 Å². The molecule has 2 aromatic rings. The summed E-state index contributed by atoms with van der Waals surface area (Å²) in [5, 5.41) is 2.92. The number of aromatic nitrogens is 1. The lowest BCUT2D eigenvalue weighted by Crippen LogP contribution is -2.23. The van der Waals surface area contributed by atoms with Crippen LogP contribution in [0.1, 0.15) is 32.7 Å². The molecule has 2 rings (SSSR count). The molecule has 0 saturated heterocycles. The van der Waals surface area contributed by atoms with Crippen LogP contribution in [0, 0.1) is 13.8 Å². The van der Waals surface area contributed by atoms with Gasteiger partial charge in [0.2, 0.25) is 0 Å². The van der Waals surface area contributed by atoms with Crippen molar-refractivity contribution in [1.82, 2.24) is 10.3 Å². The van der Waals surface area contributed by atoms with Crippen molar-refractivity contribution in [3.8, 4) is 0 Å². The molecule has 0 radical (unpaired) electrons. The summed E-state index contributed by atoms with van der Waals surface area (Å²) in [6.07, 6.45) is 1.61. The summed E-state index contributed by atoms with van der Waals surface area (Å²) in [7, 11) is 0. The number of hydrogen-bond acceptors (Lipinski definition) is 3. The van der Waals surface area contributed by atoms with Gasteiger partial charge in [-0.1, -0.05) is 23.8 Å². The molecule has 0 bridgehead atoms. The average Bonchev–Trinajstić information content (AvgIpc) is 2.46. The number of carbonyl (C=O) groups excluding carboxylic acids is 1. The minimum Gasteiger partial charge on any atom is -0.348 e. The topological polar surface area (TPSA) is 68.0 Å². The maximum absolute atomic E-state index is 12.1. The predicted octanol–water partition coefficient (Wildman–Crippen LogP) is 2.09. The van der Waals surface area contributed by atoms with Crippen molar-refractivity contribution >= 4 is 5.91 Å². The molecule has 0 aliphatic carbocycles. The van der Waals surface area contributed by atoms with Crippen LogP contribution in [0.25, 0.3) is 0 Å². The Morgan fingerprint density at radius 1 is 1.25 bits per heavy atom. The van der Waals surface area contributed by atoms with E-state index >= 15 is 0 Å². The fraction of sp³-hybridized carbons (Fsp3) is 0.250. The summed E-state index contributed by atoms with van der Waals surface area (Å²) in [5.74, 6) is -0.109. The van der Waals surface area contributed by atoms with Gasteiger partial charge >= 0.3 is 0 Å². The molecule has 0 aliphatic heterocycles. The van der Waals surface area contributed by atoms with Gasteiger partial charge in [-0.3, -0.25) is 9.78 Å². The Morgan fingerprint density at radius 2 is 2.05 bits per heavy atom. The van der Waals surface area contributed by atoms with Crippen LogP contribution in [-0.2, 0) is 13.1 Å². The number of amides is 1. The van der Waals surface area contributed by atoms with Crippen LogP contribution in [0.4, 0.5) is 0 Å². The number of nitrogens with zero attached hydrogens (tertiary/aromatic N) is 1. The highest BCUT2D eigenvalue weighted by Gasteiger charge is 2.07. The fourth-order valence-corrected chi connectivity index (χ4v) is 2.05. The summed E-state index contributed by atoms with van der Waals surface area (Å²) in [6.45, 7) is 4.96. The number of benzene rings is 1. The maximum Gasteiger partial charge on any atom is 0.251 e. The number of rotatable bonds is 4. The summed E-state index contributed by atoms with van der Waals surface area (Å²) in [4.78, 5) is 16.2. The molecule has 1 aromatic heterocycles. The van der Waals surface area contributed by atoms with Crippen molar-refractivity contribution in [3.05, 3.63) is 64.5 Å². The third kappa shape index (κ3) is 3.42. The Hall–Kier alpha value is -2.20. The second-order valence-corrected chi connectivity index (χ2v) is 4.85. The molecule has 0 spiro atoms.